The summed E-state index contributed by atoms with van der Waals surface area (Å²) >= 11 is 0. The van der Waals surface area contributed by atoms with Crippen LogP contribution in [0, 0.1) is 0 Å². The van der Waals surface area contributed by atoms with Gasteiger partial charge in [0.15, 0.2) is 0 Å². The quantitative estimate of drug-likeness (QED) is 0.624. The summed E-state index contributed by atoms with van der Waals surface area (Å²) < 4.78 is 0. The van der Waals surface area contributed by atoms with Crippen LogP contribution < -0.4 is 0 Å². The van der Waals surface area contributed by atoms with E-state index in [4.69, 9.17) is 0 Å². The zero-order valence-electron chi connectivity index (χ0n) is 9.71. The van der Waals surface area contributed by atoms with E-state index >= 15 is 0 Å². The minimum absolute atomic E-state index is 0.322. The van der Waals surface area contributed by atoms with Crippen molar-refractivity contribution >= 4 is 0 Å². The predicted molar refractivity (Wildman–Crippen MR) is 63.1 cm³/mol. The molecule has 0 N–H and O–H groups in total. The molecule has 1 nitrogen and oxygen atoms in total. The Labute approximate surface area is 92.1 Å². The number of hydrogen-bond acceptors (Lipinski definition) is 1. The van der Waals surface area contributed by atoms with Crippen LogP contribution in [0.5, 0.6) is 0 Å². The van der Waals surface area contributed by atoms with Crippen LogP contribution in [0.2, 0.25) is 0 Å². The van der Waals surface area contributed by atoms with Crippen molar-refractivity contribution in [1.82, 2.24) is 4.90 Å². The van der Waals surface area contributed by atoms with Gasteiger partial charge >= 0.3 is 0 Å². The van der Waals surface area contributed by atoms with Gasteiger partial charge in [0.25, 0.3) is 0 Å². The van der Waals surface area contributed by atoms with Crippen LogP contribution in [0.1, 0.15) is 36.5 Å². The van der Waals surface area contributed by atoms with Crippen LogP contribution in [0.3, 0.4) is 0 Å². The van der Waals surface area contributed by atoms with E-state index in [1.807, 2.05) is 0 Å². The first-order valence-corrected chi connectivity index (χ1v) is 6.04. The van der Waals surface area contributed by atoms with Gasteiger partial charge in [0, 0.05) is 5.54 Å². The lowest BCUT2D eigenvalue weighted by Crippen LogP contribution is -2.39. The van der Waals surface area contributed by atoms with Gasteiger partial charge in [0.05, 0.1) is 0 Å². The van der Waals surface area contributed by atoms with Crippen molar-refractivity contribution in [2.75, 3.05) is 13.6 Å². The molecule has 0 saturated carbocycles. The van der Waals surface area contributed by atoms with Gasteiger partial charge in [0.1, 0.15) is 0 Å². The molecule has 0 bridgehead atoms. The van der Waals surface area contributed by atoms with Gasteiger partial charge in [-0.3, -0.25) is 4.90 Å². The van der Waals surface area contributed by atoms with E-state index in [1.54, 1.807) is 16.7 Å². The summed E-state index contributed by atoms with van der Waals surface area (Å²) in [6.45, 7) is 3.66. The van der Waals surface area contributed by atoms with Crippen LogP contribution in [0.15, 0.2) is 18.2 Å². The Bertz CT molecular complexity index is 396. The van der Waals surface area contributed by atoms with Crippen molar-refractivity contribution < 1.29 is 0 Å². The Morgan fingerprint density at radius 3 is 2.73 bits per heavy atom. The highest BCUT2D eigenvalue weighted by atomic mass is 15.2. The Morgan fingerprint density at radius 1 is 1.20 bits per heavy atom. The molecular weight excluding hydrogens is 182 g/mol. The summed E-state index contributed by atoms with van der Waals surface area (Å²) in [6, 6.07) is 6.90. The van der Waals surface area contributed by atoms with Crippen molar-refractivity contribution in [3.8, 4) is 0 Å². The van der Waals surface area contributed by atoms with Gasteiger partial charge in [-0.05, 0) is 62.9 Å². The molecule has 80 valence electrons. The van der Waals surface area contributed by atoms with Gasteiger partial charge in [-0.25, -0.2) is 0 Å². The summed E-state index contributed by atoms with van der Waals surface area (Å²) in [7, 11) is 2.29. The van der Waals surface area contributed by atoms with Gasteiger partial charge < -0.3 is 0 Å². The van der Waals surface area contributed by atoms with Crippen molar-refractivity contribution in [3.63, 3.8) is 0 Å². The van der Waals surface area contributed by atoms with Gasteiger partial charge in [0.2, 0.25) is 0 Å². The van der Waals surface area contributed by atoms with Crippen molar-refractivity contribution in [1.29, 1.82) is 0 Å². The summed E-state index contributed by atoms with van der Waals surface area (Å²) in [5, 5.41) is 0. The maximum Gasteiger partial charge on any atom is 0.0438 e. The fraction of sp³-hybridized carbons (Fsp3) is 0.571. The maximum atomic E-state index is 2.56. The molecule has 1 aliphatic heterocycles. The van der Waals surface area contributed by atoms with E-state index in [1.165, 1.54) is 32.2 Å². The third-order valence-corrected chi connectivity index (χ3v) is 4.44. The van der Waals surface area contributed by atoms with Gasteiger partial charge in [-0.1, -0.05) is 18.2 Å². The lowest BCUT2D eigenvalue weighted by Gasteiger charge is -2.35. The lowest BCUT2D eigenvalue weighted by molar-refractivity contribution is 0.142. The molecule has 0 spiro atoms. The Balaban J connectivity index is 2.23. The largest absolute Gasteiger partial charge is 0.297 e. The lowest BCUT2D eigenvalue weighted by atomic mass is 9.89. The first-order valence-electron chi connectivity index (χ1n) is 6.04. The number of hydrogen-bond donors (Lipinski definition) is 0. The molecule has 1 heterocycles. The van der Waals surface area contributed by atoms with Gasteiger partial charge in [-0.2, -0.15) is 0 Å². The molecule has 2 aliphatic rings. The van der Waals surface area contributed by atoms with Crippen molar-refractivity contribution in [2.45, 2.75) is 38.1 Å². The van der Waals surface area contributed by atoms with Crippen molar-refractivity contribution in [3.05, 3.63) is 34.9 Å². The number of aryl methyl sites for hydroxylation is 2. The monoisotopic (exact) mass is 201 g/mol. The summed E-state index contributed by atoms with van der Waals surface area (Å²) in [5.74, 6) is 0. The molecule has 0 aromatic heterocycles. The highest BCUT2D eigenvalue weighted by Gasteiger charge is 2.40. The van der Waals surface area contributed by atoms with E-state index in [-0.39, 0.29) is 0 Å². The summed E-state index contributed by atoms with van der Waals surface area (Å²) in [5.41, 5.74) is 5.19. The minimum atomic E-state index is 0.322. The Hall–Kier alpha value is -0.820. The molecule has 0 fully saturated rings. The van der Waals surface area contributed by atoms with Crippen LogP contribution in [-0.4, -0.2) is 18.5 Å². The number of rotatable bonds is 0. The topological polar surface area (TPSA) is 3.24 Å². The molecule has 1 unspecified atom stereocenters. The zero-order valence-corrected chi connectivity index (χ0v) is 9.71. The minimum Gasteiger partial charge on any atom is -0.297 e. The average molecular weight is 201 g/mol. The fourth-order valence-corrected chi connectivity index (χ4v) is 3.40. The van der Waals surface area contributed by atoms with Crippen molar-refractivity contribution in [2.24, 2.45) is 0 Å². The highest BCUT2D eigenvalue weighted by molar-refractivity contribution is 5.45. The van der Waals surface area contributed by atoms with E-state index in [0.29, 0.717) is 5.54 Å². The molecular formula is C14H19N. The predicted octanol–water partition coefficient (Wildman–Crippen LogP) is 2.73. The van der Waals surface area contributed by atoms with Crippen LogP contribution in [-0.2, 0) is 18.4 Å². The third-order valence-electron chi connectivity index (χ3n) is 4.44. The molecule has 1 aromatic rings. The SMILES string of the molecule is CN1CCCc2cccc3c2C1(C)CC3. The highest BCUT2D eigenvalue weighted by Crippen LogP contribution is 2.44. The Morgan fingerprint density at radius 2 is 1.93 bits per heavy atom. The molecule has 0 saturated heterocycles. The molecule has 1 heteroatoms. The third kappa shape index (κ3) is 1.19. The van der Waals surface area contributed by atoms with Crippen LogP contribution >= 0.6 is 0 Å². The normalized spacial score (nSPS) is 30.0. The number of benzene rings is 1. The first-order chi connectivity index (χ1) is 7.22. The standard InChI is InChI=1S/C14H19N/c1-14-9-8-12-6-3-5-11(13(12)14)7-4-10-15(14)2/h3,5-6H,4,7-10H2,1-2H3. The van der Waals surface area contributed by atoms with E-state index in [2.05, 4.69) is 37.1 Å². The fourth-order valence-electron chi connectivity index (χ4n) is 3.40. The second-order valence-corrected chi connectivity index (χ2v) is 5.25. The Kier molecular flexibility index (Phi) is 1.93. The second kappa shape index (κ2) is 3.08. The zero-order chi connectivity index (χ0) is 10.5. The second-order valence-electron chi connectivity index (χ2n) is 5.25. The molecule has 1 atom stereocenters. The first kappa shape index (κ1) is 9.41. The smallest absolute Gasteiger partial charge is 0.0438 e. The summed E-state index contributed by atoms with van der Waals surface area (Å²) in [6.07, 6.45) is 5.14. The molecule has 1 aliphatic carbocycles. The molecule has 3 rings (SSSR count). The molecule has 15 heavy (non-hydrogen) atoms. The molecule has 0 amide bonds. The average Bonchev–Trinajstić information content (AvgIpc) is 2.52. The van der Waals surface area contributed by atoms with E-state index in [9.17, 15) is 0 Å². The van der Waals surface area contributed by atoms with Gasteiger partial charge in [-0.15, -0.1) is 0 Å². The molecule has 1 aromatic carbocycles. The summed E-state index contributed by atoms with van der Waals surface area (Å²) in [4.78, 5) is 2.56. The van der Waals surface area contributed by atoms with E-state index in [0.717, 1.165) is 0 Å². The van der Waals surface area contributed by atoms with Crippen LogP contribution in [0.25, 0.3) is 0 Å². The maximum absolute atomic E-state index is 2.56. The van der Waals surface area contributed by atoms with Crippen LogP contribution in [0.4, 0.5) is 0 Å². The van der Waals surface area contributed by atoms with E-state index < -0.39 is 0 Å². The molecule has 0 radical (unpaired) electrons. The number of nitrogens with zero attached hydrogens (tertiary/aromatic N) is 1.